The predicted molar refractivity (Wildman–Crippen MR) is 80.5 cm³/mol. The van der Waals surface area contributed by atoms with Crippen molar-refractivity contribution in [3.8, 4) is 0 Å². The molecular weight excluding hydrogens is 266 g/mol. The molecule has 0 radical (unpaired) electrons. The molecule has 21 heavy (non-hydrogen) atoms. The third kappa shape index (κ3) is 3.02. The molecule has 5 nitrogen and oxygen atoms in total. The summed E-state index contributed by atoms with van der Waals surface area (Å²) in [6.07, 6.45) is 0.255. The van der Waals surface area contributed by atoms with Gasteiger partial charge < -0.3 is 5.32 Å². The van der Waals surface area contributed by atoms with Gasteiger partial charge in [0.05, 0.1) is 5.69 Å². The summed E-state index contributed by atoms with van der Waals surface area (Å²) in [7, 11) is 3.36. The Morgan fingerprint density at radius 1 is 1.29 bits per heavy atom. The van der Waals surface area contributed by atoms with Crippen LogP contribution in [0.1, 0.15) is 37.7 Å². The molecule has 0 aliphatic rings. The van der Waals surface area contributed by atoms with Gasteiger partial charge in [-0.15, -0.1) is 0 Å². The normalized spacial score (nSPS) is 10.5. The van der Waals surface area contributed by atoms with E-state index in [1.807, 2.05) is 19.9 Å². The number of ketones is 1. The lowest BCUT2D eigenvalue weighted by molar-refractivity contribution is 0.0957. The van der Waals surface area contributed by atoms with Crippen LogP contribution in [-0.4, -0.2) is 28.5 Å². The monoisotopic (exact) mass is 285 g/mol. The van der Waals surface area contributed by atoms with Crippen LogP contribution in [0.4, 0.5) is 0 Å². The van der Waals surface area contributed by atoms with Crippen LogP contribution in [-0.2, 0) is 13.5 Å². The van der Waals surface area contributed by atoms with Crippen molar-refractivity contribution in [2.75, 3.05) is 7.05 Å². The van der Waals surface area contributed by atoms with Gasteiger partial charge in [-0.2, -0.15) is 5.10 Å². The third-order valence-electron chi connectivity index (χ3n) is 3.57. The fraction of sp³-hybridized carbons (Fsp3) is 0.312. The number of hydrogen-bond donors (Lipinski definition) is 1. The van der Waals surface area contributed by atoms with Crippen molar-refractivity contribution >= 4 is 11.7 Å². The average Bonchev–Trinajstić information content (AvgIpc) is 2.71. The SMILES string of the molecule is CNC(=O)c1cccc(CC(=O)c2c(C)c(C)nn2C)c1. The highest BCUT2D eigenvalue weighted by Gasteiger charge is 2.17. The molecule has 5 heteroatoms. The van der Waals surface area contributed by atoms with Gasteiger partial charge in [0, 0.05) is 31.6 Å². The first-order valence-electron chi connectivity index (χ1n) is 6.78. The number of hydrogen-bond acceptors (Lipinski definition) is 3. The van der Waals surface area contributed by atoms with Crippen molar-refractivity contribution in [1.82, 2.24) is 15.1 Å². The van der Waals surface area contributed by atoms with Crippen molar-refractivity contribution in [2.24, 2.45) is 7.05 Å². The molecule has 1 aromatic heterocycles. The maximum atomic E-state index is 12.5. The van der Waals surface area contributed by atoms with Crippen molar-refractivity contribution in [3.05, 3.63) is 52.3 Å². The fourth-order valence-electron chi connectivity index (χ4n) is 2.39. The van der Waals surface area contributed by atoms with E-state index in [2.05, 4.69) is 10.4 Å². The van der Waals surface area contributed by atoms with Crippen LogP contribution in [0.5, 0.6) is 0 Å². The molecule has 0 atom stereocenters. The van der Waals surface area contributed by atoms with Gasteiger partial charge >= 0.3 is 0 Å². The summed E-state index contributed by atoms with van der Waals surface area (Å²) >= 11 is 0. The van der Waals surface area contributed by atoms with Gasteiger partial charge in [-0.3, -0.25) is 14.3 Å². The minimum absolute atomic E-state index is 0.00431. The van der Waals surface area contributed by atoms with Crippen LogP contribution in [0, 0.1) is 13.8 Å². The number of nitrogens with one attached hydrogen (secondary N) is 1. The van der Waals surface area contributed by atoms with Crippen LogP contribution in [0.3, 0.4) is 0 Å². The van der Waals surface area contributed by atoms with Gasteiger partial charge in [0.15, 0.2) is 5.78 Å². The topological polar surface area (TPSA) is 64.0 Å². The van der Waals surface area contributed by atoms with Crippen molar-refractivity contribution in [3.63, 3.8) is 0 Å². The van der Waals surface area contributed by atoms with E-state index in [-0.39, 0.29) is 18.1 Å². The number of benzene rings is 1. The maximum absolute atomic E-state index is 12.5. The van der Waals surface area contributed by atoms with Crippen LogP contribution >= 0.6 is 0 Å². The molecule has 0 aliphatic heterocycles. The van der Waals surface area contributed by atoms with Gasteiger partial charge in [-0.1, -0.05) is 12.1 Å². The van der Waals surface area contributed by atoms with Crippen LogP contribution in [0.15, 0.2) is 24.3 Å². The molecule has 1 amide bonds. The average molecular weight is 285 g/mol. The fourth-order valence-corrected chi connectivity index (χ4v) is 2.39. The molecule has 0 fully saturated rings. The van der Waals surface area contributed by atoms with E-state index >= 15 is 0 Å². The van der Waals surface area contributed by atoms with E-state index in [0.29, 0.717) is 11.3 Å². The van der Waals surface area contributed by atoms with Crippen molar-refractivity contribution in [1.29, 1.82) is 0 Å². The summed E-state index contributed by atoms with van der Waals surface area (Å²) in [5.74, 6) is -0.151. The molecule has 2 rings (SSSR count). The molecule has 0 saturated heterocycles. The van der Waals surface area contributed by atoms with E-state index in [1.54, 1.807) is 37.0 Å². The number of aryl methyl sites for hydroxylation is 2. The minimum Gasteiger partial charge on any atom is -0.355 e. The Labute approximate surface area is 124 Å². The second-order valence-electron chi connectivity index (χ2n) is 5.06. The van der Waals surface area contributed by atoms with E-state index in [1.165, 1.54) is 0 Å². The maximum Gasteiger partial charge on any atom is 0.251 e. The van der Waals surface area contributed by atoms with Gasteiger partial charge in [-0.05, 0) is 31.5 Å². The summed E-state index contributed by atoms with van der Waals surface area (Å²) in [4.78, 5) is 24.1. The van der Waals surface area contributed by atoms with Crippen molar-refractivity contribution in [2.45, 2.75) is 20.3 Å². The van der Waals surface area contributed by atoms with Gasteiger partial charge in [0.2, 0.25) is 0 Å². The van der Waals surface area contributed by atoms with Gasteiger partial charge in [0.1, 0.15) is 5.69 Å². The van der Waals surface area contributed by atoms with E-state index in [4.69, 9.17) is 0 Å². The molecule has 1 aromatic carbocycles. The number of aromatic nitrogens is 2. The van der Waals surface area contributed by atoms with Gasteiger partial charge in [-0.25, -0.2) is 0 Å². The summed E-state index contributed by atoms with van der Waals surface area (Å²) in [5, 5.41) is 6.84. The molecule has 110 valence electrons. The quantitative estimate of drug-likeness (QED) is 0.872. The molecule has 0 aliphatic carbocycles. The van der Waals surface area contributed by atoms with Gasteiger partial charge in [0.25, 0.3) is 5.91 Å². The Balaban J connectivity index is 2.26. The lowest BCUT2D eigenvalue weighted by Crippen LogP contribution is -2.18. The van der Waals surface area contributed by atoms with Crippen LogP contribution < -0.4 is 5.32 Å². The lowest BCUT2D eigenvalue weighted by Gasteiger charge is -2.05. The highest BCUT2D eigenvalue weighted by molar-refractivity contribution is 5.98. The van der Waals surface area contributed by atoms with Crippen LogP contribution in [0.25, 0.3) is 0 Å². The largest absolute Gasteiger partial charge is 0.355 e. The van der Waals surface area contributed by atoms with E-state index in [0.717, 1.165) is 16.8 Å². The second kappa shape index (κ2) is 5.91. The number of carbonyl (C=O) groups excluding carboxylic acids is 2. The molecule has 2 aromatic rings. The van der Waals surface area contributed by atoms with E-state index < -0.39 is 0 Å². The van der Waals surface area contributed by atoms with Crippen molar-refractivity contribution < 1.29 is 9.59 Å². The Kier molecular flexibility index (Phi) is 4.21. The van der Waals surface area contributed by atoms with E-state index in [9.17, 15) is 9.59 Å². The number of nitrogens with zero attached hydrogens (tertiary/aromatic N) is 2. The zero-order chi connectivity index (χ0) is 15.6. The first kappa shape index (κ1) is 15.0. The molecule has 1 heterocycles. The summed E-state index contributed by atoms with van der Waals surface area (Å²) in [5.41, 5.74) is 3.77. The first-order chi connectivity index (χ1) is 9.93. The Morgan fingerprint density at radius 3 is 2.57 bits per heavy atom. The zero-order valence-corrected chi connectivity index (χ0v) is 12.7. The highest BCUT2D eigenvalue weighted by Crippen LogP contribution is 2.15. The molecule has 0 spiro atoms. The number of carbonyl (C=O) groups is 2. The van der Waals surface area contributed by atoms with Crippen LogP contribution in [0.2, 0.25) is 0 Å². The molecule has 0 bridgehead atoms. The molecule has 1 N–H and O–H groups in total. The standard InChI is InChI=1S/C16H19N3O2/c1-10-11(2)18-19(4)15(10)14(20)9-12-6-5-7-13(8-12)16(21)17-3/h5-8H,9H2,1-4H3,(H,17,21). The molecule has 0 saturated carbocycles. The molecule has 0 unspecified atom stereocenters. The Bertz CT molecular complexity index is 702. The Morgan fingerprint density at radius 2 is 2.00 bits per heavy atom. The zero-order valence-electron chi connectivity index (χ0n) is 12.7. The molecular formula is C16H19N3O2. The minimum atomic E-state index is -0.156. The lowest BCUT2D eigenvalue weighted by atomic mass is 10.0. The summed E-state index contributed by atoms with van der Waals surface area (Å²) in [6, 6.07) is 7.11. The third-order valence-corrected chi connectivity index (χ3v) is 3.57. The first-order valence-corrected chi connectivity index (χ1v) is 6.78. The number of amides is 1. The number of rotatable bonds is 4. The Hall–Kier alpha value is -2.43. The second-order valence-corrected chi connectivity index (χ2v) is 5.06. The highest BCUT2D eigenvalue weighted by atomic mass is 16.1. The number of Topliss-reactive ketones (excluding diaryl/α,β-unsaturated/α-hetero) is 1. The predicted octanol–water partition coefficient (Wildman–Crippen LogP) is 1.82. The summed E-state index contributed by atoms with van der Waals surface area (Å²) in [6.45, 7) is 3.79. The smallest absolute Gasteiger partial charge is 0.251 e. The summed E-state index contributed by atoms with van der Waals surface area (Å²) < 4.78 is 1.62.